The topological polar surface area (TPSA) is 94.7 Å². The van der Waals surface area contributed by atoms with Gasteiger partial charge in [0.2, 0.25) is 0 Å². The Labute approximate surface area is 117 Å². The molecule has 0 aliphatic carbocycles. The molecule has 0 amide bonds. The molecule has 0 unspecified atom stereocenters. The predicted molar refractivity (Wildman–Crippen MR) is 72.1 cm³/mol. The van der Waals surface area contributed by atoms with Gasteiger partial charge in [-0.15, -0.1) is 0 Å². The zero-order chi connectivity index (χ0) is 14.9. The van der Waals surface area contributed by atoms with Crippen molar-refractivity contribution >= 4 is 10.0 Å². The van der Waals surface area contributed by atoms with Gasteiger partial charge in [-0.3, -0.25) is 4.68 Å². The molecule has 0 spiro atoms. The Kier molecular flexibility index (Phi) is 3.91. The first kappa shape index (κ1) is 14.7. The van der Waals surface area contributed by atoms with Crippen LogP contribution < -0.4 is 4.72 Å². The summed E-state index contributed by atoms with van der Waals surface area (Å²) >= 11 is 0. The molecule has 20 heavy (non-hydrogen) atoms. The lowest BCUT2D eigenvalue weighted by Gasteiger charge is -2.20. The monoisotopic (exact) mass is 298 g/mol. The highest BCUT2D eigenvalue weighted by molar-refractivity contribution is 7.89. The summed E-state index contributed by atoms with van der Waals surface area (Å²) in [4.78, 5) is 7.99. The third-order valence-corrected chi connectivity index (χ3v) is 4.26. The van der Waals surface area contributed by atoms with Gasteiger partial charge in [0.15, 0.2) is 5.03 Å². The fraction of sp³-hybridized carbons (Fsp3) is 0.545. The van der Waals surface area contributed by atoms with Crippen molar-refractivity contribution in [1.29, 1.82) is 0 Å². The average molecular weight is 298 g/mol. The van der Waals surface area contributed by atoms with Gasteiger partial charge >= 0.3 is 0 Å². The highest BCUT2D eigenvalue weighted by Gasteiger charge is 2.28. The van der Waals surface area contributed by atoms with Crippen LogP contribution in [0.1, 0.15) is 25.7 Å². The van der Waals surface area contributed by atoms with Crippen LogP contribution in [0.4, 0.5) is 0 Å². The highest BCUT2D eigenvalue weighted by atomic mass is 32.2. The fourth-order valence-corrected chi connectivity index (χ4v) is 3.15. The lowest BCUT2D eigenvalue weighted by Crippen LogP contribution is -2.33. The number of nitrogens with one attached hydrogen (secondary N) is 1. The Balaban J connectivity index is 2.32. The molecule has 0 bridgehead atoms. The fourth-order valence-electron chi connectivity index (χ4n) is 1.83. The summed E-state index contributed by atoms with van der Waals surface area (Å²) in [7, 11) is -0.244. The average Bonchev–Trinajstić information content (AvgIpc) is 2.95. The normalized spacial score (nSPS) is 13.8. The van der Waals surface area contributed by atoms with Gasteiger partial charge in [-0.1, -0.05) is 13.8 Å². The van der Waals surface area contributed by atoms with Gasteiger partial charge in [-0.05, 0) is 5.92 Å². The van der Waals surface area contributed by atoms with Gasteiger partial charge in [0.05, 0.1) is 12.4 Å². The first-order valence-corrected chi connectivity index (χ1v) is 7.64. The van der Waals surface area contributed by atoms with E-state index >= 15 is 0 Å². The van der Waals surface area contributed by atoms with Crippen molar-refractivity contribution < 1.29 is 8.42 Å². The molecule has 9 heteroatoms. The zero-order valence-electron chi connectivity index (χ0n) is 11.8. The van der Waals surface area contributed by atoms with Gasteiger partial charge in [-0.25, -0.2) is 18.4 Å². The van der Waals surface area contributed by atoms with Crippen molar-refractivity contribution in [3.05, 3.63) is 24.7 Å². The molecule has 1 atom stereocenters. The second-order valence-corrected chi connectivity index (χ2v) is 6.62. The van der Waals surface area contributed by atoms with Crippen molar-refractivity contribution in [3.8, 4) is 0 Å². The van der Waals surface area contributed by atoms with Crippen LogP contribution >= 0.6 is 0 Å². The molecule has 2 aromatic heterocycles. The summed E-state index contributed by atoms with van der Waals surface area (Å²) in [6, 6.07) is -0.463. The molecule has 0 aromatic carbocycles. The standard InChI is InChI=1S/C11H18N6O2S/c1-8(2)10(11-12-6-14-17(11)4)15-20(18,19)9-5-16(3)7-13-9/h5-8,10,15H,1-4H3/t10-/m1/s1. The van der Waals surface area contributed by atoms with Gasteiger partial charge in [0, 0.05) is 20.3 Å². The third kappa shape index (κ3) is 2.88. The van der Waals surface area contributed by atoms with Gasteiger partial charge < -0.3 is 4.57 Å². The molecule has 8 nitrogen and oxygen atoms in total. The van der Waals surface area contributed by atoms with Crippen LogP contribution in [0.25, 0.3) is 0 Å². The van der Waals surface area contributed by atoms with E-state index in [2.05, 4.69) is 19.8 Å². The molecule has 0 fully saturated rings. The highest BCUT2D eigenvalue weighted by Crippen LogP contribution is 2.21. The second-order valence-electron chi connectivity index (χ2n) is 4.96. The molecule has 0 radical (unpaired) electrons. The van der Waals surface area contributed by atoms with E-state index in [9.17, 15) is 8.42 Å². The van der Waals surface area contributed by atoms with E-state index in [1.54, 1.807) is 23.3 Å². The van der Waals surface area contributed by atoms with E-state index in [0.29, 0.717) is 5.82 Å². The number of aromatic nitrogens is 5. The summed E-state index contributed by atoms with van der Waals surface area (Å²) in [6.07, 6.45) is 4.30. The largest absolute Gasteiger partial charge is 0.339 e. The summed E-state index contributed by atoms with van der Waals surface area (Å²) < 4.78 is 30.4. The summed E-state index contributed by atoms with van der Waals surface area (Å²) in [5.41, 5.74) is 0. The molecule has 0 saturated heterocycles. The number of sulfonamides is 1. The van der Waals surface area contributed by atoms with Crippen LogP contribution in [-0.2, 0) is 24.1 Å². The van der Waals surface area contributed by atoms with E-state index < -0.39 is 16.1 Å². The van der Waals surface area contributed by atoms with E-state index in [-0.39, 0.29) is 10.9 Å². The smallest absolute Gasteiger partial charge is 0.260 e. The molecule has 1 N–H and O–H groups in total. The Bertz CT molecular complexity index is 687. The van der Waals surface area contributed by atoms with Crippen LogP contribution in [0, 0.1) is 5.92 Å². The third-order valence-electron chi connectivity index (χ3n) is 2.93. The molecular weight excluding hydrogens is 280 g/mol. The minimum Gasteiger partial charge on any atom is -0.339 e. The SMILES string of the molecule is CC(C)[C@@H](NS(=O)(=O)c1cn(C)cn1)c1ncnn1C. The Morgan fingerprint density at radius 1 is 1.25 bits per heavy atom. The molecule has 0 aliphatic rings. The van der Waals surface area contributed by atoms with Crippen LogP contribution in [0.2, 0.25) is 0 Å². The number of rotatable bonds is 5. The van der Waals surface area contributed by atoms with Crippen molar-refractivity contribution in [2.45, 2.75) is 24.9 Å². The number of nitrogens with zero attached hydrogens (tertiary/aromatic N) is 5. The van der Waals surface area contributed by atoms with Crippen LogP contribution in [0.3, 0.4) is 0 Å². The maximum Gasteiger partial charge on any atom is 0.260 e. The van der Waals surface area contributed by atoms with Gasteiger partial charge in [-0.2, -0.15) is 9.82 Å². The molecular formula is C11H18N6O2S. The van der Waals surface area contributed by atoms with Crippen LogP contribution in [-0.4, -0.2) is 32.7 Å². The molecule has 0 aliphatic heterocycles. The van der Waals surface area contributed by atoms with Gasteiger partial charge in [0.1, 0.15) is 12.2 Å². The Morgan fingerprint density at radius 2 is 1.95 bits per heavy atom. The van der Waals surface area contributed by atoms with Crippen molar-refractivity contribution in [2.75, 3.05) is 0 Å². The first-order valence-electron chi connectivity index (χ1n) is 6.15. The second kappa shape index (κ2) is 5.33. The molecule has 2 aromatic rings. The molecule has 110 valence electrons. The summed E-state index contributed by atoms with van der Waals surface area (Å²) in [6.45, 7) is 3.83. The van der Waals surface area contributed by atoms with Crippen LogP contribution in [0.15, 0.2) is 23.9 Å². The lowest BCUT2D eigenvalue weighted by atomic mass is 10.1. The minimum absolute atomic E-state index is 0.00665. The van der Waals surface area contributed by atoms with Crippen molar-refractivity contribution in [1.82, 2.24) is 29.0 Å². The minimum atomic E-state index is -3.69. The lowest BCUT2D eigenvalue weighted by molar-refractivity contribution is 0.428. The number of imidazole rings is 1. The van der Waals surface area contributed by atoms with E-state index in [1.165, 1.54) is 18.9 Å². The Morgan fingerprint density at radius 3 is 2.40 bits per heavy atom. The first-order chi connectivity index (χ1) is 9.31. The van der Waals surface area contributed by atoms with Crippen molar-refractivity contribution in [3.63, 3.8) is 0 Å². The zero-order valence-corrected chi connectivity index (χ0v) is 12.7. The summed E-state index contributed by atoms with van der Waals surface area (Å²) in [5.74, 6) is 0.593. The van der Waals surface area contributed by atoms with Crippen LogP contribution in [0.5, 0.6) is 0 Å². The molecule has 0 saturated carbocycles. The maximum atomic E-state index is 12.3. The Hall–Kier alpha value is -1.74. The van der Waals surface area contributed by atoms with E-state index in [1.807, 2.05) is 13.8 Å². The quantitative estimate of drug-likeness (QED) is 0.852. The van der Waals surface area contributed by atoms with E-state index in [4.69, 9.17) is 0 Å². The van der Waals surface area contributed by atoms with E-state index in [0.717, 1.165) is 0 Å². The maximum absolute atomic E-state index is 12.3. The summed E-state index contributed by atoms with van der Waals surface area (Å²) in [5, 5.41) is 3.97. The van der Waals surface area contributed by atoms with Crippen molar-refractivity contribution in [2.24, 2.45) is 20.0 Å². The molecule has 2 rings (SSSR count). The predicted octanol–water partition coefficient (Wildman–Crippen LogP) is 0.224. The number of hydrogen-bond donors (Lipinski definition) is 1. The number of aryl methyl sites for hydroxylation is 2. The van der Waals surface area contributed by atoms with Gasteiger partial charge in [0.25, 0.3) is 10.0 Å². The molecule has 2 heterocycles. The number of hydrogen-bond acceptors (Lipinski definition) is 5.